The summed E-state index contributed by atoms with van der Waals surface area (Å²) in [6.45, 7) is 2.15. The predicted octanol–water partition coefficient (Wildman–Crippen LogP) is 5.24. The third-order valence-electron chi connectivity index (χ3n) is 4.87. The topological polar surface area (TPSA) is 76.0 Å². The first kappa shape index (κ1) is 24.0. The van der Waals surface area contributed by atoms with Crippen molar-refractivity contribution in [1.29, 1.82) is 0 Å². The van der Waals surface area contributed by atoms with Gasteiger partial charge in [0.1, 0.15) is 11.5 Å². The molecule has 0 fully saturated rings. The Balaban J connectivity index is 2.83. The van der Waals surface area contributed by atoms with Crippen LogP contribution in [0.25, 0.3) is 6.08 Å². The molecule has 0 radical (unpaired) electrons. The molecular weight excluding hydrogens is 356 g/mol. The molecule has 0 saturated heterocycles. The van der Waals surface area contributed by atoms with Crippen LogP contribution in [0.5, 0.6) is 11.5 Å². The van der Waals surface area contributed by atoms with E-state index in [0.717, 1.165) is 74.0 Å². The molecule has 0 saturated carbocycles. The van der Waals surface area contributed by atoms with E-state index in [1.807, 2.05) is 24.3 Å². The van der Waals surface area contributed by atoms with Gasteiger partial charge in [-0.25, -0.2) is 0 Å². The van der Waals surface area contributed by atoms with Gasteiger partial charge in [-0.3, -0.25) is 4.79 Å². The van der Waals surface area contributed by atoms with Crippen molar-refractivity contribution in [2.24, 2.45) is 0 Å². The summed E-state index contributed by atoms with van der Waals surface area (Å²) < 4.78 is 11.1. The summed E-state index contributed by atoms with van der Waals surface area (Å²) in [5, 5.41) is 19.0. The Kier molecular flexibility index (Phi) is 12.1. The molecule has 0 spiro atoms. The largest absolute Gasteiger partial charge is 0.496 e. The highest BCUT2D eigenvalue weighted by Gasteiger charge is 2.13. The summed E-state index contributed by atoms with van der Waals surface area (Å²) >= 11 is 0. The monoisotopic (exact) mass is 392 g/mol. The summed E-state index contributed by atoms with van der Waals surface area (Å²) in [6.07, 6.45) is 11.9. The summed E-state index contributed by atoms with van der Waals surface area (Å²) in [4.78, 5) is 10.6. The molecule has 0 amide bonds. The second-order valence-electron chi connectivity index (χ2n) is 7.09. The molecule has 0 aliphatic carbocycles. The zero-order valence-corrected chi connectivity index (χ0v) is 17.6. The van der Waals surface area contributed by atoms with E-state index in [2.05, 4.69) is 6.92 Å². The van der Waals surface area contributed by atoms with Gasteiger partial charge in [0, 0.05) is 17.5 Å². The van der Waals surface area contributed by atoms with E-state index >= 15 is 0 Å². The van der Waals surface area contributed by atoms with Crippen molar-refractivity contribution >= 4 is 12.0 Å². The number of hydrogen-bond acceptors (Lipinski definition) is 4. The SMILES string of the molecule is CCCCCC(O)/C=C/c1c(OC)ccc(OC)c1CCCCCCC(=O)O. The molecule has 0 aliphatic heterocycles. The first-order valence-electron chi connectivity index (χ1n) is 10.3. The number of rotatable bonds is 15. The smallest absolute Gasteiger partial charge is 0.303 e. The molecule has 0 bridgehead atoms. The lowest BCUT2D eigenvalue weighted by atomic mass is 9.97. The molecule has 1 atom stereocenters. The zero-order valence-electron chi connectivity index (χ0n) is 17.6. The van der Waals surface area contributed by atoms with E-state index in [9.17, 15) is 9.90 Å². The van der Waals surface area contributed by atoms with Gasteiger partial charge < -0.3 is 19.7 Å². The standard InChI is InChI=1S/C23H36O5/c1-4-5-8-11-18(24)14-15-20-19(12-9-6-7-10-13-23(25)26)21(27-2)16-17-22(20)28-3/h14-18,24H,4-13H2,1-3H3,(H,25,26)/b15-14+. The fraction of sp³-hybridized carbons (Fsp3) is 0.609. The molecule has 158 valence electrons. The molecular formula is C23H36O5. The quantitative estimate of drug-likeness (QED) is 0.399. The molecule has 5 heteroatoms. The second-order valence-corrected chi connectivity index (χ2v) is 7.09. The molecule has 1 aromatic rings. The summed E-state index contributed by atoms with van der Waals surface area (Å²) in [7, 11) is 3.30. The number of aliphatic carboxylic acids is 1. The van der Waals surface area contributed by atoms with Crippen molar-refractivity contribution < 1.29 is 24.5 Å². The molecule has 1 aromatic carbocycles. The first-order valence-corrected chi connectivity index (χ1v) is 10.3. The Morgan fingerprint density at radius 1 is 1.04 bits per heavy atom. The van der Waals surface area contributed by atoms with E-state index < -0.39 is 12.1 Å². The highest BCUT2D eigenvalue weighted by molar-refractivity contribution is 5.66. The predicted molar refractivity (Wildman–Crippen MR) is 113 cm³/mol. The van der Waals surface area contributed by atoms with Gasteiger partial charge in [-0.15, -0.1) is 0 Å². The number of aliphatic hydroxyl groups is 1. The lowest BCUT2D eigenvalue weighted by Gasteiger charge is -2.16. The van der Waals surface area contributed by atoms with Crippen LogP contribution < -0.4 is 9.47 Å². The summed E-state index contributed by atoms with van der Waals surface area (Å²) in [5.41, 5.74) is 2.01. The number of aliphatic hydroxyl groups excluding tert-OH is 1. The zero-order chi connectivity index (χ0) is 20.8. The van der Waals surface area contributed by atoms with Crippen LogP contribution in [0.15, 0.2) is 18.2 Å². The Bertz CT molecular complexity index is 609. The van der Waals surface area contributed by atoms with Gasteiger partial charge in [0.05, 0.1) is 20.3 Å². The average molecular weight is 393 g/mol. The van der Waals surface area contributed by atoms with Crippen molar-refractivity contribution in [2.75, 3.05) is 14.2 Å². The minimum Gasteiger partial charge on any atom is -0.496 e. The Hall–Kier alpha value is -2.01. The van der Waals surface area contributed by atoms with Crippen LogP contribution in [-0.2, 0) is 11.2 Å². The van der Waals surface area contributed by atoms with Crippen LogP contribution in [0.1, 0.15) is 75.8 Å². The van der Waals surface area contributed by atoms with Crippen LogP contribution in [0.2, 0.25) is 0 Å². The fourth-order valence-electron chi connectivity index (χ4n) is 3.27. The minimum atomic E-state index is -0.737. The average Bonchev–Trinajstić information content (AvgIpc) is 2.68. The van der Waals surface area contributed by atoms with Crippen LogP contribution in [-0.4, -0.2) is 36.5 Å². The number of hydrogen-bond donors (Lipinski definition) is 2. The maximum atomic E-state index is 10.6. The third kappa shape index (κ3) is 8.79. The molecule has 0 aliphatic rings. The van der Waals surface area contributed by atoms with Gasteiger partial charge in [-0.2, -0.15) is 0 Å². The molecule has 2 N–H and O–H groups in total. The van der Waals surface area contributed by atoms with Gasteiger partial charge in [-0.1, -0.05) is 51.2 Å². The number of unbranched alkanes of at least 4 members (excludes halogenated alkanes) is 5. The van der Waals surface area contributed by atoms with E-state index in [-0.39, 0.29) is 6.42 Å². The highest BCUT2D eigenvalue weighted by Crippen LogP contribution is 2.33. The third-order valence-corrected chi connectivity index (χ3v) is 4.87. The Morgan fingerprint density at radius 3 is 2.36 bits per heavy atom. The number of ether oxygens (including phenoxy) is 2. The minimum absolute atomic E-state index is 0.229. The summed E-state index contributed by atoms with van der Waals surface area (Å²) in [5.74, 6) is 0.838. The normalized spacial score (nSPS) is 12.3. The molecule has 5 nitrogen and oxygen atoms in total. The number of methoxy groups -OCH3 is 2. The van der Waals surface area contributed by atoms with Crippen molar-refractivity contribution in [3.63, 3.8) is 0 Å². The lowest BCUT2D eigenvalue weighted by Crippen LogP contribution is -2.03. The first-order chi connectivity index (χ1) is 13.5. The van der Waals surface area contributed by atoms with E-state index in [1.54, 1.807) is 14.2 Å². The fourth-order valence-corrected chi connectivity index (χ4v) is 3.27. The molecule has 1 unspecified atom stereocenters. The summed E-state index contributed by atoms with van der Waals surface area (Å²) in [6, 6.07) is 3.80. The van der Waals surface area contributed by atoms with Crippen molar-refractivity contribution in [1.82, 2.24) is 0 Å². The second kappa shape index (κ2) is 14.1. The van der Waals surface area contributed by atoms with Gasteiger partial charge in [0.25, 0.3) is 0 Å². The van der Waals surface area contributed by atoms with Crippen LogP contribution >= 0.6 is 0 Å². The number of carbonyl (C=O) groups is 1. The van der Waals surface area contributed by atoms with Crippen molar-refractivity contribution in [3.8, 4) is 11.5 Å². The highest BCUT2D eigenvalue weighted by atomic mass is 16.5. The van der Waals surface area contributed by atoms with Crippen LogP contribution in [0.4, 0.5) is 0 Å². The van der Waals surface area contributed by atoms with Crippen molar-refractivity contribution in [2.45, 2.75) is 77.2 Å². The molecule has 1 rings (SSSR count). The number of carboxylic acids is 1. The Labute approximate surface area is 169 Å². The van der Waals surface area contributed by atoms with Crippen LogP contribution in [0, 0.1) is 0 Å². The molecule has 0 heterocycles. The lowest BCUT2D eigenvalue weighted by molar-refractivity contribution is -0.137. The van der Waals surface area contributed by atoms with E-state index in [4.69, 9.17) is 14.6 Å². The maximum Gasteiger partial charge on any atom is 0.303 e. The van der Waals surface area contributed by atoms with E-state index in [0.29, 0.717) is 6.42 Å². The van der Waals surface area contributed by atoms with Gasteiger partial charge in [0.2, 0.25) is 0 Å². The van der Waals surface area contributed by atoms with Crippen molar-refractivity contribution in [3.05, 3.63) is 29.3 Å². The van der Waals surface area contributed by atoms with Gasteiger partial charge >= 0.3 is 5.97 Å². The Morgan fingerprint density at radius 2 is 1.71 bits per heavy atom. The van der Waals surface area contributed by atoms with Gasteiger partial charge in [-0.05, 0) is 37.8 Å². The van der Waals surface area contributed by atoms with Crippen LogP contribution in [0.3, 0.4) is 0 Å². The van der Waals surface area contributed by atoms with E-state index in [1.165, 1.54) is 0 Å². The number of carboxylic acid groups (broad SMARTS) is 1. The maximum absolute atomic E-state index is 10.6. The molecule has 0 aromatic heterocycles. The van der Waals surface area contributed by atoms with Gasteiger partial charge in [0.15, 0.2) is 0 Å². The molecule has 28 heavy (non-hydrogen) atoms. The number of benzene rings is 1.